The Hall–Kier alpha value is -0.512. The largest absolute Gasteiger partial charge is 2.00 e. The summed E-state index contributed by atoms with van der Waals surface area (Å²) in [5, 5.41) is 7.44. The minimum absolute atomic E-state index is 0. The molecule has 1 aliphatic heterocycles. The topological polar surface area (TPSA) is 66.8 Å². The van der Waals surface area contributed by atoms with Crippen molar-refractivity contribution < 1.29 is 41.9 Å². The number of aliphatic hydroxyl groups excluding tert-OH is 1. The van der Waals surface area contributed by atoms with Crippen molar-refractivity contribution in [2.75, 3.05) is 20.8 Å². The van der Waals surface area contributed by atoms with Crippen molar-refractivity contribution in [3.63, 3.8) is 0 Å². The van der Waals surface area contributed by atoms with Gasteiger partial charge in [-0.15, -0.1) is 0 Å². The summed E-state index contributed by atoms with van der Waals surface area (Å²) in [6, 6.07) is 0. The van der Waals surface area contributed by atoms with Gasteiger partial charge in [0, 0.05) is 25.3 Å². The maximum absolute atomic E-state index is 11.0. The SMILES string of the molecule is C.CC1=C(C)C(=O)N(C)C1=O.COCC1(C)CCC1.C[CH-]O.[2H][CH2-].[W+2]. The number of hydrogen-bond donors (Lipinski definition) is 1. The molecule has 0 radical (unpaired) electrons. The predicted octanol–water partition coefficient (Wildman–Crippen LogP) is 3.77. The second-order valence-electron chi connectivity index (χ2n) is 5.77. The maximum atomic E-state index is 11.0. The Labute approximate surface area is 164 Å². The van der Waals surface area contributed by atoms with Gasteiger partial charge in [0.1, 0.15) is 0 Å². The van der Waals surface area contributed by atoms with Crippen LogP contribution in [0.25, 0.3) is 0 Å². The van der Waals surface area contributed by atoms with Crippen LogP contribution in [-0.2, 0) is 35.4 Å². The number of carbonyl (C=O) groups excluding carboxylic acids is 2. The monoisotopic (exact) mass is 514 g/mol. The molecular formula is C18H35NO4W. The molecule has 6 heteroatoms. The van der Waals surface area contributed by atoms with Crippen molar-refractivity contribution in [3.05, 3.63) is 25.2 Å². The van der Waals surface area contributed by atoms with E-state index in [0.717, 1.165) is 18.1 Å². The molecule has 1 fully saturated rings. The first-order chi connectivity index (χ1) is 10.7. The van der Waals surface area contributed by atoms with Crippen molar-refractivity contribution in [1.82, 2.24) is 4.90 Å². The maximum Gasteiger partial charge on any atom is 2.00 e. The number of likely N-dealkylation sites (N-methyl/N-ethyl adjacent to an activating group) is 1. The van der Waals surface area contributed by atoms with Gasteiger partial charge in [-0.05, 0) is 32.1 Å². The van der Waals surface area contributed by atoms with Crippen LogP contribution in [0, 0.1) is 19.4 Å². The summed E-state index contributed by atoms with van der Waals surface area (Å²) in [4.78, 5) is 23.1. The molecule has 5 nitrogen and oxygen atoms in total. The van der Waals surface area contributed by atoms with Gasteiger partial charge >= 0.3 is 21.1 Å². The van der Waals surface area contributed by atoms with Crippen LogP contribution in [0.15, 0.2) is 11.1 Å². The first kappa shape index (κ1) is 28.3. The van der Waals surface area contributed by atoms with E-state index in [1.54, 1.807) is 27.9 Å². The van der Waals surface area contributed by atoms with Crippen LogP contribution in [0.3, 0.4) is 0 Å². The number of amides is 2. The van der Waals surface area contributed by atoms with E-state index in [9.17, 15) is 9.59 Å². The van der Waals surface area contributed by atoms with Crippen LogP contribution < -0.4 is 0 Å². The van der Waals surface area contributed by atoms with Gasteiger partial charge in [0.2, 0.25) is 0 Å². The van der Waals surface area contributed by atoms with Crippen molar-refractivity contribution in [1.29, 1.82) is 0 Å². The van der Waals surface area contributed by atoms with E-state index in [1.165, 1.54) is 26.3 Å². The zero-order valence-electron chi connectivity index (χ0n) is 16.1. The second kappa shape index (κ2) is 14.8. The molecule has 0 unspecified atom stereocenters. The van der Waals surface area contributed by atoms with Crippen LogP contribution in [0.2, 0.25) is 0 Å². The minimum Gasteiger partial charge on any atom is -0.566 e. The summed E-state index contributed by atoms with van der Waals surface area (Å²) in [7, 11) is 5.77. The fraction of sp³-hybridized carbons (Fsp3) is 0.667. The predicted molar refractivity (Wildman–Crippen MR) is 95.0 cm³/mol. The molecular weight excluding hydrogens is 478 g/mol. The Balaban J connectivity index is -0.000000134. The van der Waals surface area contributed by atoms with Gasteiger partial charge in [0.25, 0.3) is 11.8 Å². The number of nitrogens with zero attached hydrogens (tertiary/aromatic N) is 1. The third kappa shape index (κ3) is 9.10. The van der Waals surface area contributed by atoms with E-state index in [0.29, 0.717) is 16.6 Å². The molecule has 1 saturated carbocycles. The first-order valence-electron chi connectivity index (χ1n) is 7.85. The minimum atomic E-state index is -0.178. The number of imide groups is 1. The quantitative estimate of drug-likeness (QED) is 0.450. The van der Waals surface area contributed by atoms with Gasteiger partial charge in [0.05, 0.1) is 6.61 Å². The van der Waals surface area contributed by atoms with Gasteiger partial charge in [-0.1, -0.05) is 20.8 Å². The van der Waals surface area contributed by atoms with Crippen LogP contribution in [0.4, 0.5) is 0 Å². The molecule has 2 rings (SSSR count). The molecule has 0 atom stereocenters. The van der Waals surface area contributed by atoms with Crippen LogP contribution in [0.1, 0.15) is 55.8 Å². The van der Waals surface area contributed by atoms with E-state index in [-0.39, 0.29) is 40.3 Å². The van der Waals surface area contributed by atoms with E-state index in [2.05, 4.69) is 14.3 Å². The normalized spacial score (nSPS) is 17.3. The van der Waals surface area contributed by atoms with Crippen molar-refractivity contribution in [2.24, 2.45) is 5.41 Å². The van der Waals surface area contributed by atoms with E-state index in [1.807, 2.05) is 0 Å². The Bertz CT molecular complexity index is 386. The molecule has 0 aromatic carbocycles. The summed E-state index contributed by atoms with van der Waals surface area (Å²) in [6.45, 7) is 9.13. The third-order valence-corrected chi connectivity index (χ3v) is 3.87. The Kier molecular flexibility index (Phi) is 17.4. The number of hydrogen-bond acceptors (Lipinski definition) is 4. The standard InChI is InChI=1S/C7H9NO2.C7H14O.C2H5O.CH4.CH3.W/c1-4-5(2)7(10)8(3)6(4)9;1-7(6-8-2)4-3-5-7;1-2-3;;;/h1-3H3;3-6H2,1-2H3;2-3H,1H3;1H4;1H3;/q;;-1;;-1;+2/i;;;;1D;. The number of methoxy groups -OCH3 is 1. The smallest absolute Gasteiger partial charge is 0.566 e. The number of carbonyl (C=O) groups is 2. The van der Waals surface area contributed by atoms with Gasteiger partial charge in [-0.3, -0.25) is 14.5 Å². The Morgan fingerprint density at radius 1 is 1.29 bits per heavy atom. The summed E-state index contributed by atoms with van der Waals surface area (Å²) >= 11 is 0. The molecule has 0 aromatic heterocycles. The molecule has 1 N–H and O–H groups in total. The summed E-state index contributed by atoms with van der Waals surface area (Å²) in [6.07, 6.45) is 4.13. The average molecular weight is 514 g/mol. The Morgan fingerprint density at radius 2 is 1.62 bits per heavy atom. The molecule has 0 aromatic rings. The van der Waals surface area contributed by atoms with E-state index >= 15 is 0 Å². The zero-order valence-corrected chi connectivity index (χ0v) is 18.1. The molecule has 1 aliphatic carbocycles. The second-order valence-corrected chi connectivity index (χ2v) is 5.77. The summed E-state index contributed by atoms with van der Waals surface area (Å²) in [5.74, 6) is -0.356. The fourth-order valence-corrected chi connectivity index (χ4v) is 2.19. The molecule has 142 valence electrons. The molecule has 24 heavy (non-hydrogen) atoms. The van der Waals surface area contributed by atoms with E-state index < -0.39 is 0 Å². The zero-order chi connectivity index (χ0) is 18.6. The molecule has 0 bridgehead atoms. The summed E-state index contributed by atoms with van der Waals surface area (Å²) < 4.78 is 10.5. The molecule has 0 spiro atoms. The van der Waals surface area contributed by atoms with Gasteiger partial charge < -0.3 is 17.2 Å². The van der Waals surface area contributed by atoms with Crippen LogP contribution >= 0.6 is 0 Å². The Morgan fingerprint density at radius 3 is 1.71 bits per heavy atom. The van der Waals surface area contributed by atoms with Crippen molar-refractivity contribution in [2.45, 2.75) is 54.4 Å². The molecule has 0 saturated heterocycles. The van der Waals surface area contributed by atoms with Crippen LogP contribution in [0.5, 0.6) is 0 Å². The number of rotatable bonds is 2. The molecule has 1 heterocycles. The third-order valence-electron chi connectivity index (χ3n) is 3.87. The number of aliphatic hydroxyl groups is 1. The van der Waals surface area contributed by atoms with E-state index in [4.69, 9.17) is 11.2 Å². The van der Waals surface area contributed by atoms with Gasteiger partial charge in [0.15, 0.2) is 0 Å². The number of ether oxygens (including phenoxy) is 1. The van der Waals surface area contributed by atoms with Crippen LogP contribution in [-0.4, -0.2) is 42.6 Å². The molecule has 2 aliphatic rings. The van der Waals surface area contributed by atoms with Gasteiger partial charge in [-0.25, -0.2) is 7.98 Å². The molecule has 2 amide bonds. The van der Waals surface area contributed by atoms with Crippen molar-refractivity contribution >= 4 is 11.8 Å². The fourth-order valence-electron chi connectivity index (χ4n) is 2.19. The first-order valence-corrected chi connectivity index (χ1v) is 7.15. The summed E-state index contributed by atoms with van der Waals surface area (Å²) in [5.41, 5.74) is 1.68. The van der Waals surface area contributed by atoms with Gasteiger partial charge in [-0.2, -0.15) is 6.92 Å². The van der Waals surface area contributed by atoms with Crippen molar-refractivity contribution in [3.8, 4) is 0 Å². The average Bonchev–Trinajstić information content (AvgIpc) is 2.68.